The number of aromatic nitrogens is 1. The number of aldehydes is 1. The SMILES string of the molecule is Cc1[nH]c2cc(O)c(Br)cc2c1C=O. The van der Waals surface area contributed by atoms with Gasteiger partial charge in [0.2, 0.25) is 0 Å². The lowest BCUT2D eigenvalue weighted by molar-refractivity contribution is 0.112. The summed E-state index contributed by atoms with van der Waals surface area (Å²) < 4.78 is 0.590. The predicted octanol–water partition coefficient (Wildman–Crippen LogP) is 2.76. The quantitative estimate of drug-likeness (QED) is 0.769. The number of aromatic hydroxyl groups is 1. The molecule has 0 unspecified atom stereocenters. The smallest absolute Gasteiger partial charge is 0.152 e. The molecule has 0 fully saturated rings. The minimum atomic E-state index is 0.163. The first-order valence-corrected chi connectivity index (χ1v) is 4.88. The van der Waals surface area contributed by atoms with Crippen LogP contribution < -0.4 is 0 Å². The Balaban J connectivity index is 2.89. The van der Waals surface area contributed by atoms with Gasteiger partial charge >= 0.3 is 0 Å². The largest absolute Gasteiger partial charge is 0.507 e. The Kier molecular flexibility index (Phi) is 2.07. The molecule has 0 aliphatic heterocycles. The Morgan fingerprint density at radius 2 is 2.21 bits per heavy atom. The Morgan fingerprint density at radius 3 is 2.86 bits per heavy atom. The van der Waals surface area contributed by atoms with Crippen molar-refractivity contribution in [2.45, 2.75) is 6.92 Å². The summed E-state index contributed by atoms with van der Waals surface area (Å²) in [6, 6.07) is 3.33. The molecule has 3 nitrogen and oxygen atoms in total. The van der Waals surface area contributed by atoms with Gasteiger partial charge in [0.1, 0.15) is 5.75 Å². The van der Waals surface area contributed by atoms with E-state index in [0.29, 0.717) is 10.0 Å². The molecule has 2 aromatic rings. The number of aryl methyl sites for hydroxylation is 1. The van der Waals surface area contributed by atoms with E-state index < -0.39 is 0 Å². The standard InChI is InChI=1S/C10H8BrNO2/c1-5-7(4-13)6-2-8(11)10(14)3-9(6)12-5/h2-4,12,14H,1H3. The molecule has 14 heavy (non-hydrogen) atoms. The number of benzene rings is 1. The zero-order valence-corrected chi connectivity index (χ0v) is 9.05. The molecule has 0 spiro atoms. The van der Waals surface area contributed by atoms with E-state index in [1.165, 1.54) is 0 Å². The van der Waals surface area contributed by atoms with Crippen LogP contribution in [0.25, 0.3) is 10.9 Å². The highest BCUT2D eigenvalue weighted by atomic mass is 79.9. The number of halogens is 1. The van der Waals surface area contributed by atoms with Gasteiger partial charge in [0.05, 0.1) is 9.99 Å². The number of rotatable bonds is 1. The predicted molar refractivity (Wildman–Crippen MR) is 57.8 cm³/mol. The number of H-pyrrole nitrogens is 1. The van der Waals surface area contributed by atoms with Crippen molar-refractivity contribution in [3.63, 3.8) is 0 Å². The van der Waals surface area contributed by atoms with Crippen molar-refractivity contribution < 1.29 is 9.90 Å². The fourth-order valence-electron chi connectivity index (χ4n) is 1.51. The summed E-state index contributed by atoms with van der Waals surface area (Å²) in [5, 5.41) is 10.3. The second-order valence-corrected chi connectivity index (χ2v) is 3.99. The zero-order chi connectivity index (χ0) is 10.3. The van der Waals surface area contributed by atoms with E-state index in [1.807, 2.05) is 6.92 Å². The van der Waals surface area contributed by atoms with Crippen LogP contribution in [-0.4, -0.2) is 16.4 Å². The summed E-state index contributed by atoms with van der Waals surface area (Å²) in [6.07, 6.45) is 0.817. The molecule has 2 N–H and O–H groups in total. The molecular weight excluding hydrogens is 246 g/mol. The molecule has 0 atom stereocenters. The topological polar surface area (TPSA) is 53.1 Å². The molecular formula is C10H8BrNO2. The van der Waals surface area contributed by atoms with Crippen molar-refractivity contribution in [1.29, 1.82) is 0 Å². The number of phenols is 1. The highest BCUT2D eigenvalue weighted by Gasteiger charge is 2.09. The second kappa shape index (κ2) is 3.13. The normalized spacial score (nSPS) is 10.7. The molecule has 1 aromatic carbocycles. The number of aromatic amines is 1. The molecule has 0 aliphatic rings. The maximum absolute atomic E-state index is 10.8. The summed E-state index contributed by atoms with van der Waals surface area (Å²) in [4.78, 5) is 13.8. The molecule has 0 radical (unpaired) electrons. The van der Waals surface area contributed by atoms with Gasteiger partial charge in [0.25, 0.3) is 0 Å². The van der Waals surface area contributed by atoms with E-state index in [4.69, 9.17) is 0 Å². The maximum atomic E-state index is 10.8. The maximum Gasteiger partial charge on any atom is 0.152 e. The average molecular weight is 254 g/mol. The first kappa shape index (κ1) is 9.27. The third-order valence-electron chi connectivity index (χ3n) is 2.22. The van der Waals surface area contributed by atoms with Crippen molar-refractivity contribution in [2.75, 3.05) is 0 Å². The molecule has 0 saturated heterocycles. The lowest BCUT2D eigenvalue weighted by Gasteiger charge is -1.96. The van der Waals surface area contributed by atoms with Gasteiger partial charge in [0, 0.05) is 22.7 Å². The van der Waals surface area contributed by atoms with Crippen LogP contribution in [0.5, 0.6) is 5.75 Å². The molecule has 0 aliphatic carbocycles. The van der Waals surface area contributed by atoms with E-state index >= 15 is 0 Å². The number of carbonyl (C=O) groups excluding carboxylic acids is 1. The first-order valence-electron chi connectivity index (χ1n) is 4.09. The molecule has 1 heterocycles. The summed E-state index contributed by atoms with van der Waals surface area (Å²) >= 11 is 3.21. The van der Waals surface area contributed by atoms with Crippen molar-refractivity contribution in [3.8, 4) is 5.75 Å². The van der Waals surface area contributed by atoms with E-state index in [0.717, 1.165) is 22.9 Å². The number of carbonyl (C=O) groups is 1. The minimum Gasteiger partial charge on any atom is -0.507 e. The molecule has 0 amide bonds. The van der Waals surface area contributed by atoms with Crippen molar-refractivity contribution >= 4 is 33.1 Å². The summed E-state index contributed by atoms with van der Waals surface area (Å²) in [5.41, 5.74) is 2.22. The van der Waals surface area contributed by atoms with Crippen LogP contribution in [0.15, 0.2) is 16.6 Å². The van der Waals surface area contributed by atoms with Crippen molar-refractivity contribution in [2.24, 2.45) is 0 Å². The lowest BCUT2D eigenvalue weighted by atomic mass is 10.1. The van der Waals surface area contributed by atoms with Gasteiger partial charge < -0.3 is 10.1 Å². The van der Waals surface area contributed by atoms with Crippen molar-refractivity contribution in [1.82, 2.24) is 4.98 Å². The second-order valence-electron chi connectivity index (χ2n) is 3.13. The third-order valence-corrected chi connectivity index (χ3v) is 2.86. The fraction of sp³-hybridized carbons (Fsp3) is 0.100. The molecule has 4 heteroatoms. The van der Waals surface area contributed by atoms with E-state index in [1.54, 1.807) is 12.1 Å². The Hall–Kier alpha value is -1.29. The molecule has 72 valence electrons. The zero-order valence-electron chi connectivity index (χ0n) is 7.47. The Bertz CT molecular complexity index is 516. The van der Waals surface area contributed by atoms with Gasteiger partial charge in [-0.15, -0.1) is 0 Å². The van der Waals surface area contributed by atoms with Crippen LogP contribution in [0.3, 0.4) is 0 Å². The summed E-state index contributed by atoms with van der Waals surface area (Å²) in [6.45, 7) is 1.83. The average Bonchev–Trinajstić information content (AvgIpc) is 2.42. The Morgan fingerprint density at radius 1 is 1.50 bits per heavy atom. The van der Waals surface area contributed by atoms with Gasteiger partial charge in [-0.3, -0.25) is 4.79 Å². The van der Waals surface area contributed by atoms with Crippen molar-refractivity contribution in [3.05, 3.63) is 27.9 Å². The van der Waals surface area contributed by atoms with Crippen LogP contribution in [0.1, 0.15) is 16.1 Å². The number of hydrogen-bond donors (Lipinski definition) is 2. The summed E-state index contributed by atoms with van der Waals surface area (Å²) in [7, 11) is 0. The summed E-state index contributed by atoms with van der Waals surface area (Å²) in [5.74, 6) is 0.163. The molecule has 0 saturated carbocycles. The van der Waals surface area contributed by atoms with E-state index in [9.17, 15) is 9.90 Å². The highest BCUT2D eigenvalue weighted by Crippen LogP contribution is 2.31. The van der Waals surface area contributed by atoms with Crippen LogP contribution in [0.4, 0.5) is 0 Å². The minimum absolute atomic E-state index is 0.163. The lowest BCUT2D eigenvalue weighted by Crippen LogP contribution is -1.79. The first-order chi connectivity index (χ1) is 6.63. The monoisotopic (exact) mass is 253 g/mol. The number of hydrogen-bond acceptors (Lipinski definition) is 2. The van der Waals surface area contributed by atoms with E-state index in [2.05, 4.69) is 20.9 Å². The molecule has 0 bridgehead atoms. The number of nitrogens with one attached hydrogen (secondary N) is 1. The molecule has 1 aromatic heterocycles. The third kappa shape index (κ3) is 1.23. The fourth-order valence-corrected chi connectivity index (χ4v) is 1.85. The van der Waals surface area contributed by atoms with Crippen LogP contribution in [-0.2, 0) is 0 Å². The highest BCUT2D eigenvalue weighted by molar-refractivity contribution is 9.10. The van der Waals surface area contributed by atoms with Crippen LogP contribution >= 0.6 is 15.9 Å². The van der Waals surface area contributed by atoms with Gasteiger partial charge in [-0.05, 0) is 28.9 Å². The Labute approximate surface area is 88.9 Å². The van der Waals surface area contributed by atoms with Crippen LogP contribution in [0.2, 0.25) is 0 Å². The van der Waals surface area contributed by atoms with Gasteiger partial charge in [-0.25, -0.2) is 0 Å². The van der Waals surface area contributed by atoms with E-state index in [-0.39, 0.29) is 5.75 Å². The number of fused-ring (bicyclic) bond motifs is 1. The van der Waals surface area contributed by atoms with Gasteiger partial charge in [0.15, 0.2) is 6.29 Å². The van der Waals surface area contributed by atoms with Gasteiger partial charge in [-0.1, -0.05) is 0 Å². The van der Waals surface area contributed by atoms with Crippen LogP contribution in [0, 0.1) is 6.92 Å². The van der Waals surface area contributed by atoms with Gasteiger partial charge in [-0.2, -0.15) is 0 Å². The number of phenolic OH excluding ortho intramolecular Hbond substituents is 1. The molecule has 2 rings (SSSR count).